The van der Waals surface area contributed by atoms with Crippen LogP contribution >= 0.6 is 11.3 Å². The number of hydrogen-bond donors (Lipinski definition) is 3. The molecule has 0 saturated carbocycles. The highest BCUT2D eigenvalue weighted by atomic mass is 32.1. The normalized spacial score (nSPS) is 19.5. The standard InChI is InChI=1S/C19H23FN8OS/c1-27-19(28-8-5-11(20)12(21)6-9-28)14(10-24-27)25-17(29)15-16(22)30-18(26-15)13-4-2-3-7-23-13/h2-4,7,10-12H,5-6,8-9,21-22H2,1H3,(H,25,29)/t11-,12-/m1/s1. The van der Waals surface area contributed by atoms with Gasteiger partial charge in [0.2, 0.25) is 0 Å². The zero-order chi connectivity index (χ0) is 21.3. The molecular formula is C19H23FN8OS. The van der Waals surface area contributed by atoms with E-state index in [1.807, 2.05) is 11.0 Å². The zero-order valence-corrected chi connectivity index (χ0v) is 17.3. The number of nitrogens with one attached hydrogen (secondary N) is 1. The van der Waals surface area contributed by atoms with Crippen LogP contribution in [0.3, 0.4) is 0 Å². The second-order valence-corrected chi connectivity index (χ2v) is 8.18. The summed E-state index contributed by atoms with van der Waals surface area (Å²) in [5, 5.41) is 7.98. The lowest BCUT2D eigenvalue weighted by atomic mass is 10.1. The van der Waals surface area contributed by atoms with Gasteiger partial charge in [-0.2, -0.15) is 5.10 Å². The van der Waals surface area contributed by atoms with Crippen LogP contribution in [0.2, 0.25) is 0 Å². The van der Waals surface area contributed by atoms with Gasteiger partial charge in [-0.3, -0.25) is 14.5 Å². The first-order valence-electron chi connectivity index (χ1n) is 9.59. The molecule has 0 aliphatic carbocycles. The van der Waals surface area contributed by atoms with Crippen molar-refractivity contribution in [3.63, 3.8) is 0 Å². The van der Waals surface area contributed by atoms with Crippen molar-refractivity contribution in [3.8, 4) is 10.7 Å². The molecule has 5 N–H and O–H groups in total. The maximum Gasteiger partial charge on any atom is 0.277 e. The number of hydrogen-bond acceptors (Lipinski definition) is 8. The lowest BCUT2D eigenvalue weighted by Crippen LogP contribution is -2.31. The molecule has 0 spiro atoms. The number of pyridine rings is 1. The number of carbonyl (C=O) groups is 1. The van der Waals surface area contributed by atoms with E-state index in [2.05, 4.69) is 20.4 Å². The van der Waals surface area contributed by atoms with Crippen LogP contribution in [0.5, 0.6) is 0 Å². The van der Waals surface area contributed by atoms with E-state index in [1.54, 1.807) is 36.3 Å². The number of alkyl halides is 1. The molecule has 4 heterocycles. The van der Waals surface area contributed by atoms with Crippen LogP contribution in [0.1, 0.15) is 23.3 Å². The first-order chi connectivity index (χ1) is 14.4. The van der Waals surface area contributed by atoms with Crippen LogP contribution in [-0.2, 0) is 7.05 Å². The molecule has 4 rings (SSSR count). The largest absolute Gasteiger partial charge is 0.389 e. The quantitative estimate of drug-likeness (QED) is 0.578. The van der Waals surface area contributed by atoms with Crippen molar-refractivity contribution in [3.05, 3.63) is 36.3 Å². The van der Waals surface area contributed by atoms with Crippen LogP contribution in [0.15, 0.2) is 30.6 Å². The number of aromatic nitrogens is 4. The summed E-state index contributed by atoms with van der Waals surface area (Å²) < 4.78 is 15.7. The maximum absolute atomic E-state index is 14.0. The van der Waals surface area contributed by atoms with E-state index in [-0.39, 0.29) is 5.69 Å². The first kappa shape index (κ1) is 20.2. The number of rotatable bonds is 4. The van der Waals surface area contributed by atoms with Crippen LogP contribution in [0, 0.1) is 0 Å². The molecule has 11 heteroatoms. The third kappa shape index (κ3) is 3.98. The molecule has 0 unspecified atom stereocenters. The highest BCUT2D eigenvalue weighted by Crippen LogP contribution is 2.31. The molecule has 30 heavy (non-hydrogen) atoms. The van der Waals surface area contributed by atoms with Gasteiger partial charge in [0, 0.05) is 32.4 Å². The summed E-state index contributed by atoms with van der Waals surface area (Å²) in [6.45, 7) is 1.06. The minimum absolute atomic E-state index is 0.136. The minimum atomic E-state index is -1.04. The molecule has 3 aromatic rings. The van der Waals surface area contributed by atoms with E-state index in [4.69, 9.17) is 11.5 Å². The molecule has 2 atom stereocenters. The van der Waals surface area contributed by atoms with E-state index in [0.29, 0.717) is 53.1 Å². The summed E-state index contributed by atoms with van der Waals surface area (Å²) in [5.41, 5.74) is 13.2. The van der Waals surface area contributed by atoms with Crippen molar-refractivity contribution < 1.29 is 9.18 Å². The lowest BCUT2D eigenvalue weighted by molar-refractivity contribution is 0.102. The molecule has 9 nitrogen and oxygen atoms in total. The summed E-state index contributed by atoms with van der Waals surface area (Å²) >= 11 is 1.20. The Morgan fingerprint density at radius 3 is 2.90 bits per heavy atom. The highest BCUT2D eigenvalue weighted by molar-refractivity contribution is 7.19. The first-order valence-corrected chi connectivity index (χ1v) is 10.4. The molecular weight excluding hydrogens is 407 g/mol. The molecule has 0 bridgehead atoms. The molecule has 3 aromatic heterocycles. The number of thiazole rings is 1. The van der Waals surface area contributed by atoms with Gasteiger partial charge in [-0.25, -0.2) is 9.37 Å². The number of anilines is 3. The van der Waals surface area contributed by atoms with Crippen LogP contribution in [-0.4, -0.2) is 51.0 Å². The topological polar surface area (TPSA) is 128 Å². The Labute approximate surface area is 176 Å². The molecule has 1 saturated heterocycles. The smallest absolute Gasteiger partial charge is 0.277 e. The van der Waals surface area contributed by atoms with Gasteiger partial charge in [-0.05, 0) is 25.0 Å². The lowest BCUT2D eigenvalue weighted by Gasteiger charge is -2.24. The van der Waals surface area contributed by atoms with Gasteiger partial charge < -0.3 is 21.7 Å². The van der Waals surface area contributed by atoms with E-state index in [1.165, 1.54) is 11.3 Å². The van der Waals surface area contributed by atoms with Crippen LogP contribution < -0.4 is 21.7 Å². The molecule has 158 valence electrons. The number of halogens is 1. The van der Waals surface area contributed by atoms with Crippen molar-refractivity contribution in [2.75, 3.05) is 29.0 Å². The van der Waals surface area contributed by atoms with Crippen LogP contribution in [0.4, 0.5) is 20.9 Å². The predicted octanol–water partition coefficient (Wildman–Crippen LogP) is 2.04. The van der Waals surface area contributed by atoms with Gasteiger partial charge in [-0.1, -0.05) is 17.4 Å². The van der Waals surface area contributed by atoms with Crippen LogP contribution in [0.25, 0.3) is 10.7 Å². The second-order valence-electron chi connectivity index (χ2n) is 7.15. The summed E-state index contributed by atoms with van der Waals surface area (Å²) in [5.74, 6) is 0.262. The number of nitrogens with two attached hydrogens (primary N) is 2. The second kappa shape index (κ2) is 8.36. The average molecular weight is 431 g/mol. The van der Waals surface area contributed by atoms with Crippen molar-refractivity contribution in [1.82, 2.24) is 19.7 Å². The average Bonchev–Trinajstić information content (AvgIpc) is 3.26. The summed E-state index contributed by atoms with van der Waals surface area (Å²) in [6, 6.07) is 4.97. The van der Waals surface area contributed by atoms with E-state index in [0.717, 1.165) is 0 Å². The van der Waals surface area contributed by atoms with Crippen molar-refractivity contribution in [2.24, 2.45) is 12.8 Å². The Hall–Kier alpha value is -3.05. The Morgan fingerprint density at radius 2 is 2.13 bits per heavy atom. The van der Waals surface area contributed by atoms with Crippen molar-refractivity contribution in [1.29, 1.82) is 0 Å². The van der Waals surface area contributed by atoms with Gasteiger partial charge in [-0.15, -0.1) is 0 Å². The predicted molar refractivity (Wildman–Crippen MR) is 115 cm³/mol. The number of carbonyl (C=O) groups excluding carboxylic acids is 1. The maximum atomic E-state index is 14.0. The zero-order valence-electron chi connectivity index (χ0n) is 16.5. The fourth-order valence-corrected chi connectivity index (χ4v) is 4.28. The summed E-state index contributed by atoms with van der Waals surface area (Å²) in [7, 11) is 1.78. The number of aryl methyl sites for hydroxylation is 1. The van der Waals surface area contributed by atoms with Gasteiger partial charge in [0.05, 0.1) is 11.9 Å². The minimum Gasteiger partial charge on any atom is -0.389 e. The Balaban J connectivity index is 1.56. The molecule has 1 aliphatic rings. The SMILES string of the molecule is Cn1ncc(NC(=O)c2nc(-c3ccccn3)sc2N)c1N1CC[C@@H](N)[C@H](F)CC1. The third-order valence-corrected chi connectivity index (χ3v) is 5.99. The Morgan fingerprint density at radius 1 is 1.33 bits per heavy atom. The Bertz CT molecular complexity index is 1020. The third-order valence-electron chi connectivity index (χ3n) is 5.08. The fourth-order valence-electron chi connectivity index (χ4n) is 3.47. The molecule has 1 fully saturated rings. The monoisotopic (exact) mass is 430 g/mol. The molecule has 1 aliphatic heterocycles. The highest BCUT2D eigenvalue weighted by Gasteiger charge is 2.27. The molecule has 1 amide bonds. The van der Waals surface area contributed by atoms with Gasteiger partial charge in [0.15, 0.2) is 11.5 Å². The van der Waals surface area contributed by atoms with Crippen molar-refractivity contribution in [2.45, 2.75) is 25.1 Å². The van der Waals surface area contributed by atoms with Crippen molar-refractivity contribution >= 4 is 33.8 Å². The van der Waals surface area contributed by atoms with E-state index in [9.17, 15) is 9.18 Å². The summed E-state index contributed by atoms with van der Waals surface area (Å²) in [6.07, 6.45) is 3.02. The molecule has 0 aromatic carbocycles. The van der Waals surface area contributed by atoms with E-state index >= 15 is 0 Å². The summed E-state index contributed by atoms with van der Waals surface area (Å²) in [4.78, 5) is 23.5. The Kier molecular flexibility index (Phi) is 5.64. The number of nitrogen functional groups attached to an aromatic ring is 1. The fraction of sp³-hybridized carbons (Fsp3) is 0.368. The van der Waals surface area contributed by atoms with Gasteiger partial charge in [0.1, 0.15) is 21.9 Å². The molecule has 0 radical (unpaired) electrons. The van der Waals surface area contributed by atoms with Gasteiger partial charge >= 0.3 is 0 Å². The van der Waals surface area contributed by atoms with Gasteiger partial charge in [0.25, 0.3) is 5.91 Å². The van der Waals surface area contributed by atoms with E-state index < -0.39 is 18.1 Å². The number of amides is 1. The number of nitrogens with zero attached hydrogens (tertiary/aromatic N) is 5.